The van der Waals surface area contributed by atoms with Crippen molar-refractivity contribution in [3.8, 4) is 0 Å². The van der Waals surface area contributed by atoms with Gasteiger partial charge in [0.15, 0.2) is 9.84 Å². The minimum Gasteiger partial charge on any atom is -0.378 e. The molecule has 1 atom stereocenters. The van der Waals surface area contributed by atoms with Gasteiger partial charge in [0.05, 0.1) is 36.1 Å². The first kappa shape index (κ1) is 21.6. The van der Waals surface area contributed by atoms with Gasteiger partial charge in [-0.3, -0.25) is 9.59 Å². The van der Waals surface area contributed by atoms with E-state index in [1.165, 1.54) is 0 Å². The lowest BCUT2D eigenvalue weighted by molar-refractivity contribution is -0.116. The third-order valence-corrected chi connectivity index (χ3v) is 7.18. The van der Waals surface area contributed by atoms with Crippen LogP contribution in [0.4, 0.5) is 11.4 Å². The summed E-state index contributed by atoms with van der Waals surface area (Å²) < 4.78 is 30.6. The number of fused-ring (bicyclic) bond motifs is 1. The predicted octanol–water partition coefficient (Wildman–Crippen LogP) is 2.16. The fourth-order valence-corrected chi connectivity index (χ4v) is 5.48. The van der Waals surface area contributed by atoms with Crippen LogP contribution >= 0.6 is 11.6 Å². The third kappa shape index (κ3) is 5.00. The summed E-state index contributed by atoms with van der Waals surface area (Å²) in [6.07, 6.45) is 0. The van der Waals surface area contributed by atoms with E-state index in [9.17, 15) is 18.0 Å². The van der Waals surface area contributed by atoms with E-state index in [4.69, 9.17) is 16.3 Å². The van der Waals surface area contributed by atoms with Crippen molar-refractivity contribution in [3.05, 3.63) is 58.6 Å². The number of nitrogens with zero attached hydrogens (tertiary/aromatic N) is 1. The minimum absolute atomic E-state index is 0.134. The van der Waals surface area contributed by atoms with Crippen LogP contribution in [0.25, 0.3) is 0 Å². The Kier molecular flexibility index (Phi) is 6.17. The zero-order chi connectivity index (χ0) is 22.0. The van der Waals surface area contributed by atoms with Crippen molar-refractivity contribution >= 4 is 44.6 Å². The van der Waals surface area contributed by atoms with E-state index in [-0.39, 0.29) is 17.4 Å². The number of morpholine rings is 1. The fraction of sp³-hybridized carbons (Fsp3) is 0.333. The smallest absolute Gasteiger partial charge is 0.254 e. The molecule has 0 radical (unpaired) electrons. The molecule has 1 unspecified atom stereocenters. The number of benzene rings is 2. The zero-order valence-corrected chi connectivity index (χ0v) is 18.2. The minimum atomic E-state index is -3.61. The molecule has 8 nitrogen and oxygen atoms in total. The quantitative estimate of drug-likeness (QED) is 0.704. The van der Waals surface area contributed by atoms with Crippen LogP contribution in [0.15, 0.2) is 42.5 Å². The van der Waals surface area contributed by atoms with Crippen LogP contribution in [-0.4, -0.2) is 63.2 Å². The average Bonchev–Trinajstić information content (AvgIpc) is 2.75. The first-order chi connectivity index (χ1) is 14.8. The summed E-state index contributed by atoms with van der Waals surface area (Å²) in [5.41, 5.74) is 1.96. The lowest BCUT2D eigenvalue weighted by Gasteiger charge is -2.29. The lowest BCUT2D eigenvalue weighted by Crippen LogP contribution is -2.44. The third-order valence-electron chi connectivity index (χ3n) is 5.22. The van der Waals surface area contributed by atoms with Crippen molar-refractivity contribution in [2.75, 3.05) is 42.7 Å². The van der Waals surface area contributed by atoms with Crippen molar-refractivity contribution in [3.63, 3.8) is 0 Å². The number of hydrogen-bond acceptors (Lipinski definition) is 6. The maximum absolute atomic E-state index is 12.7. The molecule has 0 saturated carbocycles. The summed E-state index contributed by atoms with van der Waals surface area (Å²) in [7, 11) is -3.61. The first-order valence-corrected chi connectivity index (χ1v) is 12.0. The van der Waals surface area contributed by atoms with Gasteiger partial charge in [0.25, 0.3) is 5.91 Å². The first-order valence-electron chi connectivity index (χ1n) is 9.85. The predicted molar refractivity (Wildman–Crippen MR) is 118 cm³/mol. The summed E-state index contributed by atoms with van der Waals surface area (Å²) >= 11 is 6.07. The molecular formula is C21H22ClN3O5S. The number of halogens is 1. The molecule has 10 heteroatoms. The maximum atomic E-state index is 12.7. The highest BCUT2D eigenvalue weighted by molar-refractivity contribution is 7.90. The molecule has 0 aliphatic carbocycles. The summed E-state index contributed by atoms with van der Waals surface area (Å²) in [6.45, 7) is 2.04. The molecule has 1 fully saturated rings. The van der Waals surface area contributed by atoms with Gasteiger partial charge in [0, 0.05) is 23.7 Å². The number of rotatable bonds is 5. The van der Waals surface area contributed by atoms with Crippen LogP contribution in [0.5, 0.6) is 0 Å². The van der Waals surface area contributed by atoms with Gasteiger partial charge < -0.3 is 20.3 Å². The standard InChI is InChI=1S/C21H22ClN3O5S/c22-16-4-2-1-3-15(16)12-31(28,29)13-19-20(26)24-18-11-14(5-6-17(18)23-19)21(27)25-7-9-30-10-8-25/h1-6,11,19,23H,7-10,12-13H2,(H,24,26). The van der Waals surface area contributed by atoms with Crippen molar-refractivity contribution < 1.29 is 22.7 Å². The van der Waals surface area contributed by atoms with Crippen molar-refractivity contribution in [2.24, 2.45) is 0 Å². The van der Waals surface area contributed by atoms with Crippen LogP contribution in [0, 0.1) is 0 Å². The van der Waals surface area contributed by atoms with Crippen LogP contribution in [0.1, 0.15) is 15.9 Å². The molecule has 2 amide bonds. The van der Waals surface area contributed by atoms with Crippen LogP contribution in [-0.2, 0) is 25.1 Å². The maximum Gasteiger partial charge on any atom is 0.254 e. The molecular weight excluding hydrogens is 442 g/mol. The number of carbonyl (C=O) groups excluding carboxylic acids is 2. The lowest BCUT2D eigenvalue weighted by atomic mass is 10.1. The van der Waals surface area contributed by atoms with Gasteiger partial charge in [-0.1, -0.05) is 29.8 Å². The number of anilines is 2. The van der Waals surface area contributed by atoms with Crippen molar-refractivity contribution in [1.29, 1.82) is 0 Å². The molecule has 2 aliphatic heterocycles. The number of ether oxygens (including phenoxy) is 1. The Labute approximate surface area is 185 Å². The Hall–Kier alpha value is -2.62. The SMILES string of the molecule is O=C1Nc2cc(C(=O)N3CCOCC3)ccc2NC1CS(=O)(=O)Cc1ccccc1Cl. The summed E-state index contributed by atoms with van der Waals surface area (Å²) in [4.78, 5) is 26.9. The van der Waals surface area contributed by atoms with Crippen LogP contribution in [0.3, 0.4) is 0 Å². The number of carbonyl (C=O) groups is 2. The van der Waals surface area contributed by atoms with E-state index >= 15 is 0 Å². The zero-order valence-electron chi connectivity index (χ0n) is 16.6. The Balaban J connectivity index is 1.46. The molecule has 164 valence electrons. The van der Waals surface area contributed by atoms with Crippen LogP contribution in [0.2, 0.25) is 5.02 Å². The molecule has 0 bridgehead atoms. The molecule has 2 aromatic rings. The normalized spacial score (nSPS) is 18.7. The van der Waals surface area contributed by atoms with E-state index in [1.807, 2.05) is 0 Å². The molecule has 31 heavy (non-hydrogen) atoms. The highest BCUT2D eigenvalue weighted by Crippen LogP contribution is 2.29. The molecule has 2 aromatic carbocycles. The van der Waals surface area contributed by atoms with Crippen molar-refractivity contribution in [2.45, 2.75) is 11.8 Å². The topological polar surface area (TPSA) is 105 Å². The Morgan fingerprint density at radius 1 is 1.13 bits per heavy atom. The van der Waals surface area contributed by atoms with Gasteiger partial charge in [-0.25, -0.2) is 8.42 Å². The summed E-state index contributed by atoms with van der Waals surface area (Å²) in [6, 6.07) is 10.7. The van der Waals surface area contributed by atoms with Gasteiger partial charge in [0.1, 0.15) is 6.04 Å². The number of nitrogens with one attached hydrogen (secondary N) is 2. The number of amides is 2. The molecule has 2 aliphatic rings. The van der Waals surface area contributed by atoms with Crippen molar-refractivity contribution in [1.82, 2.24) is 4.90 Å². The highest BCUT2D eigenvalue weighted by atomic mass is 35.5. The second-order valence-electron chi connectivity index (χ2n) is 7.50. The monoisotopic (exact) mass is 463 g/mol. The molecule has 2 heterocycles. The average molecular weight is 464 g/mol. The molecule has 2 N–H and O–H groups in total. The molecule has 0 aromatic heterocycles. The molecule has 0 spiro atoms. The van der Waals surface area contributed by atoms with Gasteiger partial charge in [-0.05, 0) is 29.8 Å². The largest absolute Gasteiger partial charge is 0.378 e. The molecule has 4 rings (SSSR count). The van der Waals surface area contributed by atoms with Crippen LogP contribution < -0.4 is 10.6 Å². The fourth-order valence-electron chi connectivity index (χ4n) is 3.61. The molecule has 1 saturated heterocycles. The van der Waals surface area contributed by atoms with Gasteiger partial charge >= 0.3 is 0 Å². The van der Waals surface area contributed by atoms with Gasteiger partial charge in [-0.2, -0.15) is 0 Å². The summed E-state index contributed by atoms with van der Waals surface area (Å²) in [5, 5.41) is 6.07. The second kappa shape index (κ2) is 8.86. The Bertz CT molecular complexity index is 1120. The Morgan fingerprint density at radius 2 is 1.87 bits per heavy atom. The van der Waals surface area contributed by atoms with Gasteiger partial charge in [0.2, 0.25) is 5.91 Å². The number of hydrogen-bond donors (Lipinski definition) is 2. The van der Waals surface area contributed by atoms with E-state index < -0.39 is 21.8 Å². The highest BCUT2D eigenvalue weighted by Gasteiger charge is 2.31. The van der Waals surface area contributed by atoms with E-state index in [1.54, 1.807) is 47.4 Å². The van der Waals surface area contributed by atoms with E-state index in [0.717, 1.165) is 0 Å². The Morgan fingerprint density at radius 3 is 2.61 bits per heavy atom. The van der Waals surface area contributed by atoms with E-state index in [0.29, 0.717) is 53.8 Å². The van der Waals surface area contributed by atoms with Gasteiger partial charge in [-0.15, -0.1) is 0 Å². The summed E-state index contributed by atoms with van der Waals surface area (Å²) in [5.74, 6) is -1.23. The number of sulfone groups is 1. The second-order valence-corrected chi connectivity index (χ2v) is 10.0. The van der Waals surface area contributed by atoms with E-state index in [2.05, 4.69) is 10.6 Å².